The highest BCUT2D eigenvalue weighted by Gasteiger charge is 2.14. The summed E-state index contributed by atoms with van der Waals surface area (Å²) in [6.45, 7) is 3.84. The normalized spacial score (nSPS) is 10.6. The Morgan fingerprint density at radius 1 is 1.56 bits per heavy atom. The summed E-state index contributed by atoms with van der Waals surface area (Å²) in [4.78, 5) is 10.6. The van der Waals surface area contributed by atoms with E-state index in [-0.39, 0.29) is 12.3 Å². The summed E-state index contributed by atoms with van der Waals surface area (Å²) in [5.41, 5.74) is 1.53. The van der Waals surface area contributed by atoms with E-state index in [9.17, 15) is 4.79 Å². The standard InChI is InChI=1S/C11H13N3O4/c1-6-10(7(2)14(3)12-6)17-5-8-4-9(11(15)16)13-18-8/h4H,5H2,1-3H3,(H,15,16). The summed E-state index contributed by atoms with van der Waals surface area (Å²) in [6.07, 6.45) is 0. The molecule has 0 bridgehead atoms. The highest BCUT2D eigenvalue weighted by Crippen LogP contribution is 2.22. The fourth-order valence-electron chi connectivity index (χ4n) is 1.59. The number of hydrogen-bond donors (Lipinski definition) is 1. The van der Waals surface area contributed by atoms with Gasteiger partial charge in [-0.2, -0.15) is 5.10 Å². The van der Waals surface area contributed by atoms with Crippen LogP contribution >= 0.6 is 0 Å². The molecule has 0 saturated heterocycles. The van der Waals surface area contributed by atoms with Crippen LogP contribution in [-0.2, 0) is 13.7 Å². The van der Waals surface area contributed by atoms with Gasteiger partial charge in [-0.25, -0.2) is 4.79 Å². The molecule has 0 aromatic carbocycles. The lowest BCUT2D eigenvalue weighted by molar-refractivity contribution is 0.0685. The molecule has 7 heteroatoms. The van der Waals surface area contributed by atoms with Crippen molar-refractivity contribution in [1.29, 1.82) is 0 Å². The van der Waals surface area contributed by atoms with E-state index in [1.807, 2.05) is 20.9 Å². The Hall–Kier alpha value is -2.31. The molecule has 0 radical (unpaired) electrons. The van der Waals surface area contributed by atoms with Gasteiger partial charge in [0, 0.05) is 13.1 Å². The maximum atomic E-state index is 10.6. The molecule has 0 unspecified atom stereocenters. The summed E-state index contributed by atoms with van der Waals surface area (Å²) in [6, 6.07) is 1.34. The summed E-state index contributed by atoms with van der Waals surface area (Å²) in [7, 11) is 1.83. The number of aryl methyl sites for hydroxylation is 2. The Labute approximate surface area is 103 Å². The highest BCUT2D eigenvalue weighted by atomic mass is 16.5. The van der Waals surface area contributed by atoms with Gasteiger partial charge in [0.1, 0.15) is 12.3 Å². The molecule has 0 atom stereocenters. The van der Waals surface area contributed by atoms with Crippen LogP contribution in [0.5, 0.6) is 5.75 Å². The Morgan fingerprint density at radius 2 is 2.28 bits per heavy atom. The van der Waals surface area contributed by atoms with Crippen LogP contribution in [0.2, 0.25) is 0 Å². The number of nitrogens with zero attached hydrogens (tertiary/aromatic N) is 3. The Morgan fingerprint density at radius 3 is 2.78 bits per heavy atom. The van der Waals surface area contributed by atoms with Crippen molar-refractivity contribution >= 4 is 5.97 Å². The van der Waals surface area contributed by atoms with Crippen LogP contribution in [0, 0.1) is 13.8 Å². The van der Waals surface area contributed by atoms with Gasteiger partial charge >= 0.3 is 5.97 Å². The second kappa shape index (κ2) is 4.52. The summed E-state index contributed by atoms with van der Waals surface area (Å²) in [5.74, 6) is -0.0976. The van der Waals surface area contributed by atoms with Crippen LogP contribution in [0.15, 0.2) is 10.6 Å². The van der Waals surface area contributed by atoms with Crippen molar-refractivity contribution in [2.24, 2.45) is 7.05 Å². The number of carbonyl (C=O) groups is 1. The smallest absolute Gasteiger partial charge is 0.358 e. The molecular weight excluding hydrogens is 238 g/mol. The van der Waals surface area contributed by atoms with Crippen LogP contribution in [-0.4, -0.2) is 26.0 Å². The minimum Gasteiger partial charge on any atom is -0.482 e. The molecule has 2 aromatic rings. The van der Waals surface area contributed by atoms with E-state index in [1.54, 1.807) is 4.68 Å². The van der Waals surface area contributed by atoms with Gasteiger partial charge in [0.2, 0.25) is 0 Å². The summed E-state index contributed by atoms with van der Waals surface area (Å²) >= 11 is 0. The largest absolute Gasteiger partial charge is 0.482 e. The molecule has 0 aliphatic rings. The van der Waals surface area contributed by atoms with Crippen LogP contribution < -0.4 is 4.74 Å². The second-order valence-corrected chi connectivity index (χ2v) is 3.90. The van der Waals surface area contributed by atoms with E-state index in [2.05, 4.69) is 10.3 Å². The SMILES string of the molecule is Cc1nn(C)c(C)c1OCc1cc(C(=O)O)no1. The predicted molar refractivity (Wildman–Crippen MR) is 60.5 cm³/mol. The van der Waals surface area contributed by atoms with E-state index in [4.69, 9.17) is 14.4 Å². The molecule has 2 heterocycles. The lowest BCUT2D eigenvalue weighted by Crippen LogP contribution is -1.97. The Balaban J connectivity index is 2.09. The van der Waals surface area contributed by atoms with Gasteiger partial charge < -0.3 is 14.4 Å². The molecule has 0 spiro atoms. The zero-order valence-electron chi connectivity index (χ0n) is 10.3. The molecule has 2 aromatic heterocycles. The van der Waals surface area contributed by atoms with Crippen molar-refractivity contribution in [2.45, 2.75) is 20.5 Å². The number of hydrogen-bond acceptors (Lipinski definition) is 5. The van der Waals surface area contributed by atoms with Crippen molar-refractivity contribution < 1.29 is 19.2 Å². The van der Waals surface area contributed by atoms with Crippen molar-refractivity contribution in [1.82, 2.24) is 14.9 Å². The highest BCUT2D eigenvalue weighted by molar-refractivity contribution is 5.85. The molecular formula is C11H13N3O4. The zero-order chi connectivity index (χ0) is 13.3. The first-order valence-corrected chi connectivity index (χ1v) is 5.31. The second-order valence-electron chi connectivity index (χ2n) is 3.90. The van der Waals surface area contributed by atoms with Crippen LogP contribution in [0.1, 0.15) is 27.6 Å². The zero-order valence-corrected chi connectivity index (χ0v) is 10.3. The summed E-state index contributed by atoms with van der Waals surface area (Å²) < 4.78 is 12.1. The molecule has 18 heavy (non-hydrogen) atoms. The first-order valence-electron chi connectivity index (χ1n) is 5.31. The van der Waals surface area contributed by atoms with E-state index >= 15 is 0 Å². The minimum atomic E-state index is -1.13. The quantitative estimate of drug-likeness (QED) is 0.880. The fraction of sp³-hybridized carbons (Fsp3) is 0.364. The lowest BCUT2D eigenvalue weighted by atomic mass is 10.3. The first-order chi connectivity index (χ1) is 8.49. The lowest BCUT2D eigenvalue weighted by Gasteiger charge is -2.03. The van der Waals surface area contributed by atoms with Crippen molar-refractivity contribution in [3.05, 3.63) is 28.9 Å². The maximum Gasteiger partial charge on any atom is 0.358 e. The molecule has 96 valence electrons. The average molecular weight is 251 g/mol. The van der Waals surface area contributed by atoms with E-state index in [0.29, 0.717) is 11.5 Å². The minimum absolute atomic E-state index is 0.119. The molecule has 0 fully saturated rings. The van der Waals surface area contributed by atoms with Crippen molar-refractivity contribution in [3.63, 3.8) is 0 Å². The van der Waals surface area contributed by atoms with Crippen LogP contribution in [0.4, 0.5) is 0 Å². The molecule has 0 saturated carbocycles. The van der Waals surface area contributed by atoms with Crippen molar-refractivity contribution in [3.8, 4) is 5.75 Å². The van der Waals surface area contributed by atoms with E-state index in [0.717, 1.165) is 11.4 Å². The van der Waals surface area contributed by atoms with Gasteiger partial charge in [0.15, 0.2) is 17.2 Å². The maximum absolute atomic E-state index is 10.6. The third-order valence-corrected chi connectivity index (χ3v) is 2.58. The third-order valence-electron chi connectivity index (χ3n) is 2.58. The number of rotatable bonds is 4. The Kier molecular flexibility index (Phi) is 3.05. The number of aromatic nitrogens is 3. The molecule has 0 aliphatic carbocycles. The molecule has 0 amide bonds. The first kappa shape index (κ1) is 12.2. The van der Waals surface area contributed by atoms with Gasteiger partial charge in [-0.05, 0) is 13.8 Å². The molecule has 0 aliphatic heterocycles. The van der Waals surface area contributed by atoms with E-state index in [1.165, 1.54) is 6.07 Å². The van der Waals surface area contributed by atoms with Gasteiger partial charge in [0.25, 0.3) is 0 Å². The fourth-order valence-corrected chi connectivity index (χ4v) is 1.59. The monoisotopic (exact) mass is 251 g/mol. The summed E-state index contributed by atoms with van der Waals surface area (Å²) in [5, 5.41) is 16.3. The third kappa shape index (κ3) is 2.20. The van der Waals surface area contributed by atoms with Crippen molar-refractivity contribution in [2.75, 3.05) is 0 Å². The molecule has 1 N–H and O–H groups in total. The number of carboxylic acids is 1. The predicted octanol–water partition coefficient (Wildman–Crippen LogP) is 1.30. The molecule has 2 rings (SSSR count). The van der Waals surface area contributed by atoms with Crippen LogP contribution in [0.25, 0.3) is 0 Å². The number of aromatic carboxylic acids is 1. The van der Waals surface area contributed by atoms with E-state index < -0.39 is 5.97 Å². The Bertz CT molecular complexity index is 585. The topological polar surface area (TPSA) is 90.4 Å². The van der Waals surface area contributed by atoms with Gasteiger partial charge in [-0.15, -0.1) is 0 Å². The van der Waals surface area contributed by atoms with Crippen LogP contribution in [0.3, 0.4) is 0 Å². The number of ether oxygens (including phenoxy) is 1. The number of carboxylic acid groups (broad SMARTS) is 1. The van der Waals surface area contributed by atoms with Gasteiger partial charge in [-0.3, -0.25) is 4.68 Å². The average Bonchev–Trinajstić information content (AvgIpc) is 2.85. The molecule has 7 nitrogen and oxygen atoms in total. The van der Waals surface area contributed by atoms with Gasteiger partial charge in [-0.1, -0.05) is 5.16 Å². The van der Waals surface area contributed by atoms with Gasteiger partial charge in [0.05, 0.1) is 5.69 Å².